The van der Waals surface area contributed by atoms with E-state index < -0.39 is 0 Å². The van der Waals surface area contributed by atoms with E-state index in [-0.39, 0.29) is 18.0 Å². The van der Waals surface area contributed by atoms with Crippen molar-refractivity contribution in [2.24, 2.45) is 5.92 Å². The molecule has 0 saturated heterocycles. The van der Waals surface area contributed by atoms with E-state index in [1.807, 2.05) is 6.92 Å². The SMILES string of the molecule is CCCCCCCCCCCCOC(=O)CCCCCC(=O)OC(C)C(C)CC. The van der Waals surface area contributed by atoms with Crippen molar-refractivity contribution in [3.8, 4) is 0 Å². The summed E-state index contributed by atoms with van der Waals surface area (Å²) in [5.41, 5.74) is 0. The first-order valence-electron chi connectivity index (χ1n) is 12.4. The second-order valence-electron chi connectivity index (χ2n) is 8.54. The maximum atomic E-state index is 11.8. The molecule has 0 aromatic heterocycles. The highest BCUT2D eigenvalue weighted by molar-refractivity contribution is 5.70. The third-order valence-corrected chi connectivity index (χ3v) is 5.79. The van der Waals surface area contributed by atoms with Crippen LogP contribution in [-0.2, 0) is 19.1 Å². The van der Waals surface area contributed by atoms with Crippen LogP contribution in [0.25, 0.3) is 0 Å². The summed E-state index contributed by atoms with van der Waals surface area (Å²) in [5, 5.41) is 0. The van der Waals surface area contributed by atoms with Crippen molar-refractivity contribution >= 4 is 11.9 Å². The highest BCUT2D eigenvalue weighted by Crippen LogP contribution is 2.13. The molecule has 0 amide bonds. The fourth-order valence-corrected chi connectivity index (χ4v) is 3.28. The highest BCUT2D eigenvalue weighted by Gasteiger charge is 2.14. The maximum absolute atomic E-state index is 11.8. The Morgan fingerprint density at radius 1 is 0.655 bits per heavy atom. The molecule has 0 rings (SSSR count). The van der Waals surface area contributed by atoms with Crippen LogP contribution in [0.15, 0.2) is 0 Å². The summed E-state index contributed by atoms with van der Waals surface area (Å²) in [6.07, 6.45) is 17.1. The minimum Gasteiger partial charge on any atom is -0.466 e. The van der Waals surface area contributed by atoms with Gasteiger partial charge in [0.05, 0.1) is 6.61 Å². The number of hydrogen-bond donors (Lipinski definition) is 0. The van der Waals surface area contributed by atoms with Crippen molar-refractivity contribution in [2.45, 2.75) is 137 Å². The molecule has 0 fully saturated rings. The molecular formula is C25H48O4. The Morgan fingerprint density at radius 3 is 1.69 bits per heavy atom. The molecule has 0 N–H and O–H groups in total. The zero-order valence-electron chi connectivity index (χ0n) is 19.8. The molecular weight excluding hydrogens is 364 g/mol. The lowest BCUT2D eigenvalue weighted by atomic mass is 10.0. The van der Waals surface area contributed by atoms with E-state index in [0.29, 0.717) is 25.4 Å². The zero-order valence-corrected chi connectivity index (χ0v) is 19.8. The van der Waals surface area contributed by atoms with Gasteiger partial charge in [0, 0.05) is 12.8 Å². The topological polar surface area (TPSA) is 52.6 Å². The number of hydrogen-bond acceptors (Lipinski definition) is 4. The van der Waals surface area contributed by atoms with Gasteiger partial charge in [-0.1, -0.05) is 91.4 Å². The van der Waals surface area contributed by atoms with Crippen molar-refractivity contribution in [2.75, 3.05) is 6.61 Å². The normalized spacial score (nSPS) is 13.1. The Bertz CT molecular complexity index is 394. The van der Waals surface area contributed by atoms with Crippen LogP contribution in [0.3, 0.4) is 0 Å². The fourth-order valence-electron chi connectivity index (χ4n) is 3.28. The van der Waals surface area contributed by atoms with E-state index in [4.69, 9.17) is 9.47 Å². The second kappa shape index (κ2) is 20.2. The molecule has 0 saturated carbocycles. The van der Waals surface area contributed by atoms with E-state index in [9.17, 15) is 9.59 Å². The van der Waals surface area contributed by atoms with Crippen LogP contribution >= 0.6 is 0 Å². The van der Waals surface area contributed by atoms with Gasteiger partial charge in [0.25, 0.3) is 0 Å². The molecule has 0 aliphatic heterocycles. The Labute approximate surface area is 180 Å². The summed E-state index contributed by atoms with van der Waals surface area (Å²) in [4.78, 5) is 23.5. The first kappa shape index (κ1) is 27.9. The number of carbonyl (C=O) groups excluding carboxylic acids is 2. The lowest BCUT2D eigenvalue weighted by Crippen LogP contribution is -2.21. The molecule has 2 unspecified atom stereocenters. The zero-order chi connectivity index (χ0) is 21.7. The van der Waals surface area contributed by atoms with E-state index >= 15 is 0 Å². The Kier molecular flexibility index (Phi) is 19.5. The van der Waals surface area contributed by atoms with Crippen molar-refractivity contribution in [1.82, 2.24) is 0 Å². The number of carbonyl (C=O) groups is 2. The Balaban J connectivity index is 3.39. The van der Waals surface area contributed by atoms with Crippen LogP contribution < -0.4 is 0 Å². The lowest BCUT2D eigenvalue weighted by Gasteiger charge is -2.18. The molecule has 0 spiro atoms. The minimum atomic E-state index is -0.124. The average molecular weight is 413 g/mol. The third kappa shape index (κ3) is 18.7. The minimum absolute atomic E-state index is 0.0201. The Hall–Kier alpha value is -1.06. The van der Waals surface area contributed by atoms with Crippen LogP contribution in [-0.4, -0.2) is 24.6 Å². The first-order chi connectivity index (χ1) is 14.0. The van der Waals surface area contributed by atoms with E-state index in [1.54, 1.807) is 0 Å². The summed E-state index contributed by atoms with van der Waals surface area (Å²) in [5.74, 6) is 0.166. The van der Waals surface area contributed by atoms with Gasteiger partial charge in [0.15, 0.2) is 0 Å². The largest absolute Gasteiger partial charge is 0.466 e. The molecule has 0 aromatic carbocycles. The number of unbranched alkanes of at least 4 members (excludes halogenated alkanes) is 11. The molecule has 4 nitrogen and oxygen atoms in total. The molecule has 0 heterocycles. The fraction of sp³-hybridized carbons (Fsp3) is 0.920. The monoisotopic (exact) mass is 412 g/mol. The maximum Gasteiger partial charge on any atom is 0.306 e. The third-order valence-electron chi connectivity index (χ3n) is 5.79. The smallest absolute Gasteiger partial charge is 0.306 e. The van der Waals surface area contributed by atoms with Gasteiger partial charge >= 0.3 is 11.9 Å². The van der Waals surface area contributed by atoms with Gasteiger partial charge in [0.2, 0.25) is 0 Å². The first-order valence-corrected chi connectivity index (χ1v) is 12.4. The molecule has 0 aliphatic carbocycles. The molecule has 0 bridgehead atoms. The standard InChI is InChI=1S/C25H48O4/c1-5-7-8-9-10-11-12-13-14-18-21-28-24(26)19-16-15-17-20-25(27)29-23(4)22(3)6-2/h22-23H,5-21H2,1-4H3. The van der Waals surface area contributed by atoms with Crippen molar-refractivity contribution in [3.05, 3.63) is 0 Å². The average Bonchev–Trinajstić information content (AvgIpc) is 2.70. The van der Waals surface area contributed by atoms with Crippen LogP contribution in [0.4, 0.5) is 0 Å². The molecule has 0 aromatic rings. The summed E-state index contributed by atoms with van der Waals surface area (Å²) < 4.78 is 10.7. The molecule has 172 valence electrons. The van der Waals surface area contributed by atoms with Crippen LogP contribution in [0.1, 0.15) is 130 Å². The van der Waals surface area contributed by atoms with Crippen molar-refractivity contribution < 1.29 is 19.1 Å². The van der Waals surface area contributed by atoms with Gasteiger partial charge in [-0.15, -0.1) is 0 Å². The number of rotatable bonds is 20. The predicted molar refractivity (Wildman–Crippen MR) is 121 cm³/mol. The van der Waals surface area contributed by atoms with Gasteiger partial charge in [-0.05, 0) is 32.1 Å². The van der Waals surface area contributed by atoms with Crippen LogP contribution in [0.2, 0.25) is 0 Å². The van der Waals surface area contributed by atoms with Gasteiger partial charge < -0.3 is 9.47 Å². The molecule has 4 heteroatoms. The summed E-state index contributed by atoms with van der Waals surface area (Å²) >= 11 is 0. The Morgan fingerprint density at radius 2 is 1.14 bits per heavy atom. The van der Waals surface area contributed by atoms with E-state index in [1.165, 1.54) is 51.4 Å². The van der Waals surface area contributed by atoms with E-state index in [0.717, 1.165) is 38.5 Å². The summed E-state index contributed by atoms with van der Waals surface area (Å²) in [7, 11) is 0. The van der Waals surface area contributed by atoms with Crippen LogP contribution in [0.5, 0.6) is 0 Å². The lowest BCUT2D eigenvalue weighted by molar-refractivity contribution is -0.150. The predicted octanol–water partition coefficient (Wildman–Crippen LogP) is 7.38. The van der Waals surface area contributed by atoms with Gasteiger partial charge in [0.1, 0.15) is 6.10 Å². The van der Waals surface area contributed by atoms with Gasteiger partial charge in [-0.25, -0.2) is 0 Å². The van der Waals surface area contributed by atoms with Gasteiger partial charge in [-0.3, -0.25) is 9.59 Å². The second-order valence-corrected chi connectivity index (χ2v) is 8.54. The molecule has 0 radical (unpaired) electrons. The van der Waals surface area contributed by atoms with Crippen molar-refractivity contribution in [3.63, 3.8) is 0 Å². The molecule has 2 atom stereocenters. The molecule has 0 aliphatic rings. The van der Waals surface area contributed by atoms with Gasteiger partial charge in [-0.2, -0.15) is 0 Å². The van der Waals surface area contributed by atoms with E-state index in [2.05, 4.69) is 20.8 Å². The number of ether oxygens (including phenoxy) is 2. The van der Waals surface area contributed by atoms with Crippen molar-refractivity contribution in [1.29, 1.82) is 0 Å². The van der Waals surface area contributed by atoms with Crippen LogP contribution in [0, 0.1) is 5.92 Å². The number of esters is 2. The molecule has 29 heavy (non-hydrogen) atoms. The quantitative estimate of drug-likeness (QED) is 0.155. The summed E-state index contributed by atoms with van der Waals surface area (Å²) in [6, 6.07) is 0. The highest BCUT2D eigenvalue weighted by atomic mass is 16.5. The summed E-state index contributed by atoms with van der Waals surface area (Å²) in [6.45, 7) is 8.96.